The Bertz CT molecular complexity index is 477. The fourth-order valence-electron chi connectivity index (χ4n) is 1.81. The number of nitrogens with one attached hydrogen (secondary N) is 2. The third kappa shape index (κ3) is 9.39. The Labute approximate surface area is 155 Å². The van der Waals surface area contributed by atoms with Gasteiger partial charge in [-0.1, -0.05) is 12.1 Å². The molecular formula is C16H27IN4O2. The number of hydrogen-bond acceptors (Lipinski definition) is 3. The molecule has 0 bridgehead atoms. The van der Waals surface area contributed by atoms with Crippen LogP contribution in [0, 0.1) is 0 Å². The van der Waals surface area contributed by atoms with Crippen molar-refractivity contribution in [2.24, 2.45) is 10.7 Å². The van der Waals surface area contributed by atoms with Gasteiger partial charge in [0.05, 0.1) is 6.54 Å². The Morgan fingerprint density at radius 2 is 1.91 bits per heavy atom. The summed E-state index contributed by atoms with van der Waals surface area (Å²) in [5, 5.41) is 6.46. The summed E-state index contributed by atoms with van der Waals surface area (Å²) < 4.78 is 5.30. The molecule has 4 N–H and O–H groups in total. The van der Waals surface area contributed by atoms with Crippen molar-refractivity contribution in [1.82, 2.24) is 10.6 Å². The van der Waals surface area contributed by atoms with Gasteiger partial charge in [-0.3, -0.25) is 4.79 Å². The first-order chi connectivity index (χ1) is 10.7. The Morgan fingerprint density at radius 3 is 2.48 bits per heavy atom. The molecular weight excluding hydrogens is 407 g/mol. The van der Waals surface area contributed by atoms with Crippen molar-refractivity contribution in [2.75, 3.05) is 26.3 Å². The van der Waals surface area contributed by atoms with Crippen LogP contribution in [0.1, 0.15) is 36.2 Å². The zero-order valence-corrected chi connectivity index (χ0v) is 16.1. The maximum atomic E-state index is 11.0. The van der Waals surface area contributed by atoms with E-state index < -0.39 is 5.91 Å². The number of carbonyl (C=O) groups excluding carboxylic acids is 1. The van der Waals surface area contributed by atoms with Crippen molar-refractivity contribution in [1.29, 1.82) is 0 Å². The molecule has 0 saturated carbocycles. The normalized spacial score (nSPS) is 10.8. The van der Waals surface area contributed by atoms with Crippen molar-refractivity contribution >= 4 is 35.8 Å². The van der Waals surface area contributed by atoms with E-state index in [2.05, 4.69) is 15.6 Å². The number of benzene rings is 1. The molecule has 0 aromatic heterocycles. The number of guanidine groups is 1. The highest BCUT2D eigenvalue weighted by Crippen LogP contribution is 2.05. The predicted octanol–water partition coefficient (Wildman–Crippen LogP) is 1.89. The van der Waals surface area contributed by atoms with E-state index in [1.165, 1.54) is 0 Å². The first-order valence-electron chi connectivity index (χ1n) is 7.66. The second-order valence-corrected chi connectivity index (χ2v) is 4.73. The Kier molecular flexibility index (Phi) is 12.4. The van der Waals surface area contributed by atoms with Crippen LogP contribution in [0.25, 0.3) is 0 Å². The molecule has 23 heavy (non-hydrogen) atoms. The molecule has 0 radical (unpaired) electrons. The van der Waals surface area contributed by atoms with Crippen LogP contribution in [0.3, 0.4) is 0 Å². The molecule has 6 nitrogen and oxygen atoms in total. The fourth-order valence-corrected chi connectivity index (χ4v) is 1.81. The summed E-state index contributed by atoms with van der Waals surface area (Å²) in [6.45, 7) is 7.67. The van der Waals surface area contributed by atoms with Gasteiger partial charge in [0.2, 0.25) is 5.91 Å². The van der Waals surface area contributed by atoms with E-state index in [4.69, 9.17) is 10.5 Å². The number of ether oxygens (including phenoxy) is 1. The van der Waals surface area contributed by atoms with E-state index in [0.29, 0.717) is 12.1 Å². The summed E-state index contributed by atoms with van der Waals surface area (Å²) in [6.07, 6.45) is 0.936. The van der Waals surface area contributed by atoms with E-state index in [1.807, 2.05) is 26.0 Å². The average Bonchev–Trinajstić information content (AvgIpc) is 2.52. The van der Waals surface area contributed by atoms with Crippen LogP contribution in [-0.2, 0) is 11.3 Å². The van der Waals surface area contributed by atoms with E-state index in [-0.39, 0.29) is 24.0 Å². The summed E-state index contributed by atoms with van der Waals surface area (Å²) in [5.41, 5.74) is 6.75. The minimum atomic E-state index is -0.417. The number of amides is 1. The Morgan fingerprint density at radius 1 is 1.22 bits per heavy atom. The van der Waals surface area contributed by atoms with Crippen LogP contribution in [0.4, 0.5) is 0 Å². The van der Waals surface area contributed by atoms with Gasteiger partial charge in [0, 0.05) is 31.9 Å². The first kappa shape index (κ1) is 21.6. The lowest BCUT2D eigenvalue weighted by Crippen LogP contribution is -2.38. The number of nitrogens with zero attached hydrogens (tertiary/aromatic N) is 1. The monoisotopic (exact) mass is 434 g/mol. The molecule has 130 valence electrons. The summed E-state index contributed by atoms with van der Waals surface area (Å²) in [5.74, 6) is 0.359. The molecule has 0 aliphatic rings. The third-order valence-corrected chi connectivity index (χ3v) is 2.96. The smallest absolute Gasteiger partial charge is 0.248 e. The molecule has 0 aliphatic carbocycles. The van der Waals surface area contributed by atoms with Gasteiger partial charge in [-0.25, -0.2) is 4.99 Å². The Hall–Kier alpha value is -1.35. The van der Waals surface area contributed by atoms with Crippen LogP contribution < -0.4 is 16.4 Å². The van der Waals surface area contributed by atoms with Crippen molar-refractivity contribution in [3.63, 3.8) is 0 Å². The first-order valence-corrected chi connectivity index (χ1v) is 7.66. The maximum Gasteiger partial charge on any atom is 0.248 e. The summed E-state index contributed by atoms with van der Waals surface area (Å²) in [6, 6.07) is 7.16. The molecule has 0 heterocycles. The molecule has 7 heteroatoms. The number of halogens is 1. The lowest BCUT2D eigenvalue weighted by atomic mass is 10.1. The van der Waals surface area contributed by atoms with Gasteiger partial charge in [0.15, 0.2) is 5.96 Å². The maximum absolute atomic E-state index is 11.0. The highest BCUT2D eigenvalue weighted by atomic mass is 127. The second kappa shape index (κ2) is 13.1. The van der Waals surface area contributed by atoms with Gasteiger partial charge in [-0.05, 0) is 38.0 Å². The zero-order valence-electron chi connectivity index (χ0n) is 13.8. The van der Waals surface area contributed by atoms with Crippen molar-refractivity contribution in [3.05, 3.63) is 35.4 Å². The second-order valence-electron chi connectivity index (χ2n) is 4.73. The van der Waals surface area contributed by atoms with Crippen LogP contribution >= 0.6 is 24.0 Å². The van der Waals surface area contributed by atoms with Gasteiger partial charge in [0.25, 0.3) is 0 Å². The lowest BCUT2D eigenvalue weighted by Gasteiger charge is -2.11. The lowest BCUT2D eigenvalue weighted by molar-refractivity contribution is 0.100. The van der Waals surface area contributed by atoms with Gasteiger partial charge in [-0.15, -0.1) is 24.0 Å². The number of carbonyl (C=O) groups is 1. The van der Waals surface area contributed by atoms with E-state index in [0.717, 1.165) is 44.2 Å². The number of hydrogen-bond donors (Lipinski definition) is 3. The van der Waals surface area contributed by atoms with Gasteiger partial charge >= 0.3 is 0 Å². The summed E-state index contributed by atoms with van der Waals surface area (Å²) in [7, 11) is 0. The number of primary amides is 1. The number of nitrogens with two attached hydrogens (primary N) is 1. The number of aliphatic imine (C=N–C) groups is 1. The molecule has 1 aromatic carbocycles. The molecule has 1 aromatic rings. The van der Waals surface area contributed by atoms with E-state index >= 15 is 0 Å². The Balaban J connectivity index is 0.00000484. The quantitative estimate of drug-likeness (QED) is 0.240. The molecule has 1 amide bonds. The van der Waals surface area contributed by atoms with Crippen LogP contribution in [0.5, 0.6) is 0 Å². The van der Waals surface area contributed by atoms with E-state index in [1.54, 1.807) is 12.1 Å². The average molecular weight is 434 g/mol. The topological polar surface area (TPSA) is 88.7 Å². The summed E-state index contributed by atoms with van der Waals surface area (Å²) >= 11 is 0. The number of rotatable bonds is 9. The largest absolute Gasteiger partial charge is 0.382 e. The van der Waals surface area contributed by atoms with Crippen LogP contribution in [0.15, 0.2) is 29.3 Å². The van der Waals surface area contributed by atoms with E-state index in [9.17, 15) is 4.79 Å². The molecule has 0 unspecified atom stereocenters. The molecule has 1 rings (SSSR count). The highest BCUT2D eigenvalue weighted by molar-refractivity contribution is 14.0. The molecule has 0 aliphatic heterocycles. The van der Waals surface area contributed by atoms with Gasteiger partial charge in [0.1, 0.15) is 0 Å². The van der Waals surface area contributed by atoms with Crippen LogP contribution in [-0.4, -0.2) is 38.2 Å². The van der Waals surface area contributed by atoms with Crippen molar-refractivity contribution < 1.29 is 9.53 Å². The molecule has 0 atom stereocenters. The summed E-state index contributed by atoms with van der Waals surface area (Å²) in [4.78, 5) is 15.5. The van der Waals surface area contributed by atoms with Gasteiger partial charge < -0.3 is 21.1 Å². The van der Waals surface area contributed by atoms with Crippen molar-refractivity contribution in [3.8, 4) is 0 Å². The third-order valence-electron chi connectivity index (χ3n) is 2.96. The minimum Gasteiger partial charge on any atom is -0.382 e. The SMILES string of the molecule is CCNC(=NCc1ccc(C(N)=O)cc1)NCCCOCC.I. The predicted molar refractivity (Wildman–Crippen MR) is 104 cm³/mol. The molecule has 0 spiro atoms. The van der Waals surface area contributed by atoms with Gasteiger partial charge in [-0.2, -0.15) is 0 Å². The van der Waals surface area contributed by atoms with Crippen LogP contribution in [0.2, 0.25) is 0 Å². The molecule has 0 fully saturated rings. The zero-order chi connectivity index (χ0) is 16.2. The van der Waals surface area contributed by atoms with Crippen molar-refractivity contribution in [2.45, 2.75) is 26.8 Å². The fraction of sp³-hybridized carbons (Fsp3) is 0.500. The highest BCUT2D eigenvalue weighted by Gasteiger charge is 2.00. The standard InChI is InChI=1S/C16H26N4O2.HI/c1-3-18-16(19-10-5-11-22-4-2)20-12-13-6-8-14(9-7-13)15(17)21;/h6-9H,3-5,10-12H2,1-2H3,(H2,17,21)(H2,18,19,20);1H. The minimum absolute atomic E-state index is 0. The molecule has 0 saturated heterocycles.